The first kappa shape index (κ1) is 18.5. The highest BCUT2D eigenvalue weighted by molar-refractivity contribution is 7.13. The van der Waals surface area contributed by atoms with Crippen LogP contribution in [-0.2, 0) is 5.60 Å². The van der Waals surface area contributed by atoms with Crippen LogP contribution >= 0.6 is 34.5 Å². The lowest BCUT2D eigenvalue weighted by Gasteiger charge is -2.39. The fourth-order valence-electron chi connectivity index (χ4n) is 3.37. The molecule has 0 aliphatic carbocycles. The van der Waals surface area contributed by atoms with Gasteiger partial charge in [-0.25, -0.2) is 0 Å². The highest BCUT2D eigenvalue weighted by atomic mass is 35.5. The fraction of sp³-hybridized carbons (Fsp3) is 0.263. The predicted molar refractivity (Wildman–Crippen MR) is 107 cm³/mol. The number of rotatable bonds is 3. The van der Waals surface area contributed by atoms with Crippen molar-refractivity contribution in [3.05, 3.63) is 63.2 Å². The Morgan fingerprint density at radius 2 is 2.04 bits per heavy atom. The molecule has 0 radical (unpaired) electrons. The number of aliphatic hydroxyl groups is 1. The number of amides is 1. The minimum Gasteiger partial charge on any atom is -0.385 e. The quantitative estimate of drug-likeness (QED) is 0.650. The van der Waals surface area contributed by atoms with E-state index in [0.29, 0.717) is 47.1 Å². The Labute approximate surface area is 170 Å². The molecule has 1 fully saturated rings. The van der Waals surface area contributed by atoms with Crippen LogP contribution in [0.3, 0.4) is 0 Å². The van der Waals surface area contributed by atoms with Gasteiger partial charge in [0.25, 0.3) is 5.91 Å². The molecule has 1 amide bonds. The van der Waals surface area contributed by atoms with Gasteiger partial charge in [0.05, 0.1) is 17.4 Å². The molecular weight excluding hydrogens is 405 g/mol. The Morgan fingerprint density at radius 3 is 2.74 bits per heavy atom. The molecule has 0 bridgehead atoms. The lowest BCUT2D eigenvalue weighted by Crippen LogP contribution is -2.45. The van der Waals surface area contributed by atoms with Crippen molar-refractivity contribution in [2.45, 2.75) is 18.4 Å². The number of H-pyrrole nitrogens is 1. The van der Waals surface area contributed by atoms with Gasteiger partial charge in [0.15, 0.2) is 0 Å². The number of hydrogen-bond donors (Lipinski definition) is 2. The Hall–Kier alpha value is -1.86. The highest BCUT2D eigenvalue weighted by Gasteiger charge is 2.37. The SMILES string of the molecule is O=C(c1csc(-c2cn[nH]c2)c1)N1CCC(O)(c2cc(Cl)ccc2Cl)CC1. The third-order valence-corrected chi connectivity index (χ3v) is 6.48. The minimum atomic E-state index is -1.07. The van der Waals surface area contributed by atoms with E-state index < -0.39 is 5.60 Å². The number of benzene rings is 1. The molecule has 27 heavy (non-hydrogen) atoms. The topological polar surface area (TPSA) is 69.2 Å². The van der Waals surface area contributed by atoms with Gasteiger partial charge in [0, 0.05) is 50.7 Å². The molecule has 3 heterocycles. The summed E-state index contributed by atoms with van der Waals surface area (Å²) < 4.78 is 0. The normalized spacial score (nSPS) is 16.5. The molecule has 0 spiro atoms. The molecule has 2 N–H and O–H groups in total. The van der Waals surface area contributed by atoms with Crippen LogP contribution in [0.2, 0.25) is 10.0 Å². The van der Waals surface area contributed by atoms with Gasteiger partial charge in [0.1, 0.15) is 0 Å². The van der Waals surface area contributed by atoms with Crippen molar-refractivity contribution in [3.63, 3.8) is 0 Å². The molecular formula is C19H17Cl2N3O2S. The van der Waals surface area contributed by atoms with E-state index >= 15 is 0 Å². The number of aromatic nitrogens is 2. The summed E-state index contributed by atoms with van der Waals surface area (Å²) in [7, 11) is 0. The molecule has 2 aromatic heterocycles. The van der Waals surface area contributed by atoms with E-state index in [4.69, 9.17) is 23.2 Å². The van der Waals surface area contributed by atoms with Crippen molar-refractivity contribution in [1.29, 1.82) is 0 Å². The number of carbonyl (C=O) groups is 1. The maximum absolute atomic E-state index is 12.8. The number of halogens is 2. The van der Waals surface area contributed by atoms with Gasteiger partial charge in [-0.3, -0.25) is 9.89 Å². The first-order valence-corrected chi connectivity index (χ1v) is 10.1. The van der Waals surface area contributed by atoms with E-state index in [-0.39, 0.29) is 5.91 Å². The molecule has 3 aromatic rings. The molecule has 1 aromatic carbocycles. The van der Waals surface area contributed by atoms with Crippen molar-refractivity contribution in [2.24, 2.45) is 0 Å². The van der Waals surface area contributed by atoms with Gasteiger partial charge in [-0.15, -0.1) is 11.3 Å². The van der Waals surface area contributed by atoms with Crippen LogP contribution < -0.4 is 0 Å². The second-order valence-electron chi connectivity index (χ2n) is 6.63. The largest absolute Gasteiger partial charge is 0.385 e. The summed E-state index contributed by atoms with van der Waals surface area (Å²) in [5, 5.41) is 20.7. The summed E-state index contributed by atoms with van der Waals surface area (Å²) in [6.45, 7) is 0.907. The van der Waals surface area contributed by atoms with Crippen LogP contribution in [0.25, 0.3) is 10.4 Å². The van der Waals surface area contributed by atoms with Crippen LogP contribution in [0.4, 0.5) is 0 Å². The Bertz CT molecular complexity index is 963. The van der Waals surface area contributed by atoms with Crippen LogP contribution in [0.15, 0.2) is 42.0 Å². The number of piperidine rings is 1. The molecule has 140 valence electrons. The summed E-state index contributed by atoms with van der Waals surface area (Å²) in [5.41, 5.74) is 1.17. The average molecular weight is 422 g/mol. The smallest absolute Gasteiger partial charge is 0.254 e. The number of likely N-dealkylation sites (tertiary alicyclic amines) is 1. The van der Waals surface area contributed by atoms with E-state index in [1.807, 2.05) is 11.4 Å². The zero-order chi connectivity index (χ0) is 19.0. The number of aromatic amines is 1. The molecule has 5 nitrogen and oxygen atoms in total. The third kappa shape index (κ3) is 3.62. The van der Waals surface area contributed by atoms with Gasteiger partial charge in [0.2, 0.25) is 0 Å². The van der Waals surface area contributed by atoms with Gasteiger partial charge in [-0.2, -0.15) is 5.10 Å². The maximum atomic E-state index is 12.8. The lowest BCUT2D eigenvalue weighted by molar-refractivity contribution is -0.0210. The van der Waals surface area contributed by atoms with Crippen molar-refractivity contribution in [3.8, 4) is 10.4 Å². The Kier molecular flexibility index (Phi) is 4.99. The number of hydrogen-bond acceptors (Lipinski definition) is 4. The van der Waals surface area contributed by atoms with E-state index in [2.05, 4.69) is 10.2 Å². The standard InChI is InChI=1S/C19H17Cl2N3O2S/c20-14-1-2-16(21)15(8-14)19(26)3-5-24(6-4-19)18(25)12-7-17(27-11-12)13-9-22-23-10-13/h1-2,7-11,26H,3-6H2,(H,22,23). The van der Waals surface area contributed by atoms with Crippen LogP contribution in [0.1, 0.15) is 28.8 Å². The maximum Gasteiger partial charge on any atom is 0.254 e. The van der Waals surface area contributed by atoms with Crippen molar-refractivity contribution < 1.29 is 9.90 Å². The van der Waals surface area contributed by atoms with Crippen molar-refractivity contribution in [2.75, 3.05) is 13.1 Å². The molecule has 1 saturated heterocycles. The van der Waals surface area contributed by atoms with Crippen molar-refractivity contribution in [1.82, 2.24) is 15.1 Å². The minimum absolute atomic E-state index is 0.0276. The molecule has 1 aliphatic rings. The van der Waals surface area contributed by atoms with Crippen LogP contribution in [-0.4, -0.2) is 39.2 Å². The summed E-state index contributed by atoms with van der Waals surface area (Å²) in [4.78, 5) is 15.6. The molecule has 4 rings (SSSR count). The third-order valence-electron chi connectivity index (χ3n) is 4.94. The summed E-state index contributed by atoms with van der Waals surface area (Å²) >= 11 is 13.8. The molecule has 8 heteroatoms. The first-order valence-electron chi connectivity index (χ1n) is 8.51. The second kappa shape index (κ2) is 7.28. The predicted octanol–water partition coefficient (Wildman–Crippen LogP) is 4.57. The van der Waals surface area contributed by atoms with Gasteiger partial charge in [-0.05, 0) is 37.1 Å². The van der Waals surface area contributed by atoms with Crippen LogP contribution in [0, 0.1) is 0 Å². The zero-order valence-corrected chi connectivity index (χ0v) is 16.6. The van der Waals surface area contributed by atoms with Gasteiger partial charge < -0.3 is 10.0 Å². The summed E-state index contributed by atoms with van der Waals surface area (Å²) in [6.07, 6.45) is 4.36. The number of thiophene rings is 1. The van der Waals surface area contributed by atoms with E-state index in [9.17, 15) is 9.90 Å². The first-order chi connectivity index (χ1) is 13.0. The van der Waals surface area contributed by atoms with Crippen LogP contribution in [0.5, 0.6) is 0 Å². The number of carbonyl (C=O) groups excluding carboxylic acids is 1. The highest BCUT2D eigenvalue weighted by Crippen LogP contribution is 2.38. The lowest BCUT2D eigenvalue weighted by atomic mass is 9.84. The number of nitrogens with zero attached hydrogens (tertiary/aromatic N) is 2. The fourth-order valence-corrected chi connectivity index (χ4v) is 4.70. The number of nitrogens with one attached hydrogen (secondary N) is 1. The van der Waals surface area contributed by atoms with Gasteiger partial charge in [-0.1, -0.05) is 23.2 Å². The summed E-state index contributed by atoms with van der Waals surface area (Å²) in [5.74, 6) is -0.0276. The molecule has 1 aliphatic heterocycles. The molecule has 0 saturated carbocycles. The van der Waals surface area contributed by atoms with E-state index in [0.717, 1.165) is 10.4 Å². The Balaban J connectivity index is 1.47. The molecule has 0 unspecified atom stereocenters. The Morgan fingerprint density at radius 1 is 1.26 bits per heavy atom. The van der Waals surface area contributed by atoms with Crippen molar-refractivity contribution >= 4 is 40.4 Å². The second-order valence-corrected chi connectivity index (χ2v) is 8.39. The molecule has 0 atom stereocenters. The van der Waals surface area contributed by atoms with E-state index in [1.165, 1.54) is 11.3 Å². The monoisotopic (exact) mass is 421 g/mol. The summed E-state index contributed by atoms with van der Waals surface area (Å²) in [6, 6.07) is 6.98. The van der Waals surface area contributed by atoms with Gasteiger partial charge >= 0.3 is 0 Å². The van der Waals surface area contributed by atoms with E-state index in [1.54, 1.807) is 35.5 Å². The zero-order valence-electron chi connectivity index (χ0n) is 14.3. The average Bonchev–Trinajstić information content (AvgIpc) is 3.35.